The van der Waals surface area contributed by atoms with E-state index in [0.717, 1.165) is 19.3 Å². The third kappa shape index (κ3) is 3.16. The van der Waals surface area contributed by atoms with Crippen LogP contribution in [0.25, 0.3) is 0 Å². The molecule has 1 saturated carbocycles. The summed E-state index contributed by atoms with van der Waals surface area (Å²) in [4.78, 5) is 25.6. The SMILES string of the molecule is CCC1(C(=O)O)CCCN1C(=O)NCC1(C)CCCCC1. The molecule has 0 aromatic heterocycles. The van der Waals surface area contributed by atoms with Gasteiger partial charge in [0.05, 0.1) is 0 Å². The van der Waals surface area contributed by atoms with Crippen molar-refractivity contribution in [2.75, 3.05) is 13.1 Å². The van der Waals surface area contributed by atoms with Crippen molar-refractivity contribution in [1.82, 2.24) is 10.2 Å². The molecule has 2 aliphatic rings. The van der Waals surface area contributed by atoms with Crippen LogP contribution in [-0.2, 0) is 4.79 Å². The van der Waals surface area contributed by atoms with Crippen LogP contribution in [-0.4, -0.2) is 40.6 Å². The second-order valence-corrected chi connectivity index (χ2v) is 6.98. The fourth-order valence-electron chi connectivity index (χ4n) is 3.88. The van der Waals surface area contributed by atoms with E-state index in [1.54, 1.807) is 4.90 Å². The Morgan fingerprint density at radius 1 is 1.14 bits per heavy atom. The Balaban J connectivity index is 1.97. The van der Waals surface area contributed by atoms with Crippen LogP contribution < -0.4 is 5.32 Å². The van der Waals surface area contributed by atoms with E-state index in [4.69, 9.17) is 0 Å². The molecular formula is C16H28N2O3. The minimum Gasteiger partial charge on any atom is -0.479 e. The maximum atomic E-state index is 12.5. The molecule has 2 amide bonds. The van der Waals surface area contributed by atoms with Gasteiger partial charge in [-0.25, -0.2) is 9.59 Å². The summed E-state index contributed by atoms with van der Waals surface area (Å²) in [7, 11) is 0. The molecule has 0 aromatic carbocycles. The number of carbonyl (C=O) groups is 2. The predicted molar refractivity (Wildman–Crippen MR) is 81.2 cm³/mol. The molecule has 2 N–H and O–H groups in total. The minimum atomic E-state index is -1.00. The zero-order valence-electron chi connectivity index (χ0n) is 13.3. The first-order valence-electron chi connectivity index (χ1n) is 8.22. The van der Waals surface area contributed by atoms with Crippen LogP contribution in [0.4, 0.5) is 4.79 Å². The standard InChI is InChI=1S/C16H28N2O3/c1-3-16(13(19)20)10-7-11-18(16)14(21)17-12-15(2)8-5-4-6-9-15/h3-12H2,1-2H3,(H,17,21)(H,19,20). The van der Waals surface area contributed by atoms with E-state index < -0.39 is 11.5 Å². The van der Waals surface area contributed by atoms with Crippen molar-refractivity contribution >= 4 is 12.0 Å². The zero-order chi connectivity index (χ0) is 15.5. The Bertz CT molecular complexity index is 404. The first-order chi connectivity index (χ1) is 9.93. The van der Waals surface area contributed by atoms with Crippen molar-refractivity contribution in [3.05, 3.63) is 0 Å². The molecule has 1 heterocycles. The summed E-state index contributed by atoms with van der Waals surface area (Å²) in [5.74, 6) is -0.874. The molecule has 5 heteroatoms. The first-order valence-corrected chi connectivity index (χ1v) is 8.22. The summed E-state index contributed by atoms with van der Waals surface area (Å²) in [6.45, 7) is 5.27. The van der Waals surface area contributed by atoms with Crippen molar-refractivity contribution < 1.29 is 14.7 Å². The molecule has 1 atom stereocenters. The third-order valence-electron chi connectivity index (χ3n) is 5.44. The number of aliphatic carboxylic acids is 1. The first kappa shape index (κ1) is 16.1. The summed E-state index contributed by atoms with van der Waals surface area (Å²) in [6.07, 6.45) is 7.82. The second kappa shape index (κ2) is 6.24. The van der Waals surface area contributed by atoms with Gasteiger partial charge in [0.2, 0.25) is 0 Å². The Morgan fingerprint density at radius 3 is 2.38 bits per heavy atom. The minimum absolute atomic E-state index is 0.172. The highest BCUT2D eigenvalue weighted by atomic mass is 16.4. The number of carbonyl (C=O) groups excluding carboxylic acids is 1. The van der Waals surface area contributed by atoms with Gasteiger partial charge >= 0.3 is 12.0 Å². The molecule has 0 bridgehead atoms. The van der Waals surface area contributed by atoms with Crippen molar-refractivity contribution in [2.45, 2.75) is 70.8 Å². The highest BCUT2D eigenvalue weighted by Gasteiger charge is 2.48. The summed E-state index contributed by atoms with van der Waals surface area (Å²) in [5.41, 5.74) is -0.830. The fraction of sp³-hybridized carbons (Fsp3) is 0.875. The molecule has 1 unspecified atom stereocenters. The Labute approximate surface area is 127 Å². The normalized spacial score (nSPS) is 28.4. The number of hydrogen-bond acceptors (Lipinski definition) is 2. The molecule has 2 rings (SSSR count). The van der Waals surface area contributed by atoms with Gasteiger partial charge in [-0.3, -0.25) is 0 Å². The lowest BCUT2D eigenvalue weighted by Crippen LogP contribution is -2.56. The number of carboxylic acid groups (broad SMARTS) is 1. The average molecular weight is 296 g/mol. The van der Waals surface area contributed by atoms with Gasteiger partial charge in [0.1, 0.15) is 5.54 Å². The molecule has 0 radical (unpaired) electrons. The van der Waals surface area contributed by atoms with Crippen LogP contribution in [0.1, 0.15) is 65.2 Å². The lowest BCUT2D eigenvalue weighted by Gasteiger charge is -2.37. The van der Waals surface area contributed by atoms with E-state index in [9.17, 15) is 14.7 Å². The molecule has 2 fully saturated rings. The van der Waals surface area contributed by atoms with E-state index in [0.29, 0.717) is 25.9 Å². The Hall–Kier alpha value is -1.26. The molecular weight excluding hydrogens is 268 g/mol. The Kier molecular flexibility index (Phi) is 4.79. The zero-order valence-corrected chi connectivity index (χ0v) is 13.3. The summed E-state index contributed by atoms with van der Waals surface area (Å²) in [6, 6.07) is -0.205. The van der Waals surface area contributed by atoms with Crippen LogP contribution in [0.5, 0.6) is 0 Å². The number of likely N-dealkylation sites (tertiary alicyclic amines) is 1. The number of carboxylic acids is 1. The smallest absolute Gasteiger partial charge is 0.329 e. The summed E-state index contributed by atoms with van der Waals surface area (Å²) in [5, 5.41) is 12.5. The van der Waals surface area contributed by atoms with Crippen molar-refractivity contribution in [3.8, 4) is 0 Å². The lowest BCUT2D eigenvalue weighted by molar-refractivity contribution is -0.148. The number of nitrogens with zero attached hydrogens (tertiary/aromatic N) is 1. The van der Waals surface area contributed by atoms with Crippen LogP contribution >= 0.6 is 0 Å². The highest BCUT2D eigenvalue weighted by Crippen LogP contribution is 2.36. The molecule has 1 aliphatic carbocycles. The van der Waals surface area contributed by atoms with Gasteiger partial charge < -0.3 is 15.3 Å². The van der Waals surface area contributed by atoms with Gasteiger partial charge in [-0.2, -0.15) is 0 Å². The van der Waals surface area contributed by atoms with Gasteiger partial charge in [0.25, 0.3) is 0 Å². The maximum absolute atomic E-state index is 12.5. The van der Waals surface area contributed by atoms with Crippen LogP contribution in [0, 0.1) is 5.41 Å². The third-order valence-corrected chi connectivity index (χ3v) is 5.44. The second-order valence-electron chi connectivity index (χ2n) is 6.98. The quantitative estimate of drug-likeness (QED) is 0.838. The van der Waals surface area contributed by atoms with Crippen LogP contribution in [0.2, 0.25) is 0 Å². The number of urea groups is 1. The van der Waals surface area contributed by atoms with E-state index in [-0.39, 0.29) is 11.4 Å². The maximum Gasteiger partial charge on any atom is 0.329 e. The molecule has 5 nitrogen and oxygen atoms in total. The number of rotatable bonds is 4. The Morgan fingerprint density at radius 2 is 1.81 bits per heavy atom. The van der Waals surface area contributed by atoms with Crippen LogP contribution in [0.15, 0.2) is 0 Å². The molecule has 0 spiro atoms. The largest absolute Gasteiger partial charge is 0.479 e. The van der Waals surface area contributed by atoms with E-state index in [2.05, 4.69) is 12.2 Å². The summed E-state index contributed by atoms with van der Waals surface area (Å²) >= 11 is 0. The van der Waals surface area contributed by atoms with E-state index in [1.165, 1.54) is 19.3 Å². The molecule has 120 valence electrons. The van der Waals surface area contributed by atoms with Gasteiger partial charge in [0, 0.05) is 13.1 Å². The summed E-state index contributed by atoms with van der Waals surface area (Å²) < 4.78 is 0. The number of nitrogens with one attached hydrogen (secondary N) is 1. The van der Waals surface area contributed by atoms with Gasteiger partial charge in [-0.05, 0) is 37.5 Å². The van der Waals surface area contributed by atoms with Gasteiger partial charge in [0.15, 0.2) is 0 Å². The van der Waals surface area contributed by atoms with Gasteiger partial charge in [-0.1, -0.05) is 33.1 Å². The lowest BCUT2D eigenvalue weighted by atomic mass is 9.76. The monoisotopic (exact) mass is 296 g/mol. The van der Waals surface area contributed by atoms with Crippen molar-refractivity contribution in [2.24, 2.45) is 5.41 Å². The molecule has 0 aromatic rings. The molecule has 1 saturated heterocycles. The predicted octanol–water partition coefficient (Wildman–Crippen LogP) is 3.00. The number of amides is 2. The van der Waals surface area contributed by atoms with E-state index in [1.807, 2.05) is 6.92 Å². The van der Waals surface area contributed by atoms with Gasteiger partial charge in [-0.15, -0.1) is 0 Å². The highest BCUT2D eigenvalue weighted by molar-refractivity contribution is 5.87. The van der Waals surface area contributed by atoms with E-state index >= 15 is 0 Å². The fourth-order valence-corrected chi connectivity index (χ4v) is 3.88. The van der Waals surface area contributed by atoms with Crippen molar-refractivity contribution in [1.29, 1.82) is 0 Å². The molecule has 1 aliphatic heterocycles. The topological polar surface area (TPSA) is 69.6 Å². The molecule has 21 heavy (non-hydrogen) atoms. The number of hydrogen-bond donors (Lipinski definition) is 2. The van der Waals surface area contributed by atoms with Crippen LogP contribution in [0.3, 0.4) is 0 Å². The van der Waals surface area contributed by atoms with Crippen molar-refractivity contribution in [3.63, 3.8) is 0 Å². The average Bonchev–Trinajstić information content (AvgIpc) is 2.91.